The lowest BCUT2D eigenvalue weighted by Crippen LogP contribution is -2.34. The maximum Gasteiger partial charge on any atom is 0.356 e. The van der Waals surface area contributed by atoms with Crippen molar-refractivity contribution in [1.29, 1.82) is 0 Å². The second-order valence-corrected chi connectivity index (χ2v) is 8.63. The van der Waals surface area contributed by atoms with Crippen molar-refractivity contribution >= 4 is 23.3 Å². The Kier molecular flexibility index (Phi) is 4.74. The van der Waals surface area contributed by atoms with Gasteiger partial charge in [0.1, 0.15) is 10.8 Å². The van der Waals surface area contributed by atoms with E-state index in [4.69, 9.17) is 9.84 Å². The highest BCUT2D eigenvalue weighted by Crippen LogP contribution is 2.40. The van der Waals surface area contributed by atoms with E-state index in [-0.39, 0.29) is 17.8 Å². The van der Waals surface area contributed by atoms with Gasteiger partial charge in [-0.05, 0) is 42.9 Å². The summed E-state index contributed by atoms with van der Waals surface area (Å²) in [5.41, 5.74) is 0.925. The lowest BCUT2D eigenvalue weighted by Gasteiger charge is -2.20. The van der Waals surface area contributed by atoms with Crippen molar-refractivity contribution in [3.05, 3.63) is 53.8 Å². The Hall–Kier alpha value is -3.20. The average Bonchev–Trinajstić information content (AvgIpc) is 3.50. The van der Waals surface area contributed by atoms with Crippen molar-refractivity contribution in [2.75, 3.05) is 13.1 Å². The van der Waals surface area contributed by atoms with Gasteiger partial charge in [0.25, 0.3) is 0 Å². The smallest absolute Gasteiger partial charge is 0.356 e. The van der Waals surface area contributed by atoms with Gasteiger partial charge in [0.15, 0.2) is 5.69 Å². The molecule has 0 unspecified atom stereocenters. The summed E-state index contributed by atoms with van der Waals surface area (Å²) in [5, 5.41) is 15.8. The minimum Gasteiger partial charge on any atom is -0.490 e. The Morgan fingerprint density at radius 3 is 2.63 bits per heavy atom. The number of ether oxygens (including phenoxy) is 1. The lowest BCUT2D eigenvalue weighted by atomic mass is 10.0. The summed E-state index contributed by atoms with van der Waals surface area (Å²) in [6.45, 7) is 1.29. The quantitative estimate of drug-likeness (QED) is 0.689. The molecule has 1 saturated carbocycles. The van der Waals surface area contributed by atoms with Gasteiger partial charge >= 0.3 is 12.0 Å². The Balaban J connectivity index is 1.20. The van der Waals surface area contributed by atoms with E-state index >= 15 is 0 Å². The predicted octanol–water partition coefficient (Wildman–Crippen LogP) is 3.46. The van der Waals surface area contributed by atoms with Crippen molar-refractivity contribution in [3.8, 4) is 16.3 Å². The minimum absolute atomic E-state index is 0.129. The Morgan fingerprint density at radius 2 is 1.97 bits per heavy atom. The summed E-state index contributed by atoms with van der Waals surface area (Å²) in [4.78, 5) is 29.7. The monoisotopic (exact) mass is 424 g/mol. The molecule has 1 aliphatic carbocycles. The van der Waals surface area contributed by atoms with Crippen LogP contribution in [-0.4, -0.2) is 56.0 Å². The highest BCUT2D eigenvalue weighted by Gasteiger charge is 2.43. The van der Waals surface area contributed by atoms with Crippen LogP contribution in [0.5, 0.6) is 5.75 Å². The fraction of sp³-hybridized carbons (Fsp3) is 0.333. The molecule has 8 nitrogen and oxygen atoms in total. The molecule has 3 heterocycles. The molecule has 5 rings (SSSR count). The average molecular weight is 424 g/mol. The predicted molar refractivity (Wildman–Crippen MR) is 110 cm³/mol. The van der Waals surface area contributed by atoms with Crippen molar-refractivity contribution in [3.63, 3.8) is 0 Å². The van der Waals surface area contributed by atoms with Crippen LogP contribution in [0.25, 0.3) is 10.6 Å². The summed E-state index contributed by atoms with van der Waals surface area (Å²) in [6.07, 6.45) is 5.13. The lowest BCUT2D eigenvalue weighted by molar-refractivity contribution is 0.0690. The number of hydrogen-bond donors (Lipinski definition) is 1. The topological polar surface area (TPSA) is 97.5 Å². The molecule has 2 fully saturated rings. The molecular formula is C21H20N4O4S. The molecule has 0 spiro atoms. The van der Waals surface area contributed by atoms with E-state index in [1.54, 1.807) is 22.4 Å². The molecule has 1 aliphatic heterocycles. The Morgan fingerprint density at radius 1 is 1.17 bits per heavy atom. The van der Waals surface area contributed by atoms with Crippen LogP contribution >= 0.6 is 11.3 Å². The van der Waals surface area contributed by atoms with Crippen molar-refractivity contribution in [2.45, 2.75) is 18.9 Å². The first-order chi connectivity index (χ1) is 14.6. The Bertz CT molecular complexity index is 1070. The van der Waals surface area contributed by atoms with Gasteiger partial charge in [-0.3, -0.25) is 0 Å². The van der Waals surface area contributed by atoms with E-state index in [1.165, 1.54) is 12.3 Å². The number of carbonyl (C=O) groups excluding carboxylic acids is 1. The van der Waals surface area contributed by atoms with E-state index in [9.17, 15) is 9.59 Å². The van der Waals surface area contributed by atoms with Crippen LogP contribution < -0.4 is 4.74 Å². The number of thiazole rings is 1. The van der Waals surface area contributed by atoms with Gasteiger partial charge in [-0.15, -0.1) is 11.3 Å². The molecule has 2 aliphatic rings. The molecule has 1 N–H and O–H groups in total. The molecule has 154 valence electrons. The largest absolute Gasteiger partial charge is 0.490 e. The number of carboxylic acid groups (broad SMARTS) is 1. The van der Waals surface area contributed by atoms with E-state index in [2.05, 4.69) is 10.1 Å². The third kappa shape index (κ3) is 3.56. The normalized spacial score (nSPS) is 22.8. The molecule has 30 heavy (non-hydrogen) atoms. The van der Waals surface area contributed by atoms with Gasteiger partial charge in [-0.25, -0.2) is 14.6 Å². The fourth-order valence-corrected chi connectivity index (χ4v) is 5.08. The van der Waals surface area contributed by atoms with E-state index < -0.39 is 5.97 Å². The third-order valence-electron chi connectivity index (χ3n) is 5.80. The summed E-state index contributed by atoms with van der Waals surface area (Å²) < 4.78 is 7.36. The van der Waals surface area contributed by atoms with Gasteiger partial charge in [-0.2, -0.15) is 9.78 Å². The minimum atomic E-state index is -1.14. The number of amides is 1. The molecule has 0 bridgehead atoms. The first kappa shape index (κ1) is 18.8. The van der Waals surface area contributed by atoms with Crippen LogP contribution in [0.1, 0.15) is 23.3 Å². The van der Waals surface area contributed by atoms with Gasteiger partial charge < -0.3 is 14.7 Å². The van der Waals surface area contributed by atoms with E-state index in [1.807, 2.05) is 29.6 Å². The second kappa shape index (κ2) is 7.56. The standard InChI is InChI=1S/C21H20N4O4S/c26-20(27)18-4-6-25(23-18)21(28)24-11-14-9-17(10-15(14)12-24)29-16-3-1-2-13(8-16)19-22-5-7-30-19/h1-8,14-15,17H,9-12H2,(H,26,27)/t14-,15+,17+. The molecule has 1 saturated heterocycles. The molecule has 3 aromatic rings. The van der Waals surface area contributed by atoms with Gasteiger partial charge in [0, 0.05) is 36.4 Å². The van der Waals surface area contributed by atoms with Crippen molar-refractivity contribution in [1.82, 2.24) is 19.7 Å². The van der Waals surface area contributed by atoms with Crippen LogP contribution in [0.3, 0.4) is 0 Å². The second-order valence-electron chi connectivity index (χ2n) is 7.73. The number of hydrogen-bond acceptors (Lipinski definition) is 6. The van der Waals surface area contributed by atoms with Crippen LogP contribution in [0.4, 0.5) is 4.79 Å². The first-order valence-corrected chi connectivity index (χ1v) is 10.7. The number of nitrogens with zero attached hydrogens (tertiary/aromatic N) is 4. The van der Waals surface area contributed by atoms with Crippen LogP contribution in [0.2, 0.25) is 0 Å². The third-order valence-corrected chi connectivity index (χ3v) is 6.62. The molecule has 2 aromatic heterocycles. The molecule has 3 atom stereocenters. The maximum atomic E-state index is 12.6. The zero-order valence-electron chi connectivity index (χ0n) is 16.0. The molecule has 0 radical (unpaired) electrons. The van der Waals surface area contributed by atoms with Crippen molar-refractivity contribution in [2.24, 2.45) is 11.8 Å². The van der Waals surface area contributed by atoms with Gasteiger partial charge in [0.2, 0.25) is 0 Å². The van der Waals surface area contributed by atoms with Crippen LogP contribution in [0, 0.1) is 11.8 Å². The van der Waals surface area contributed by atoms with E-state index in [0.29, 0.717) is 24.9 Å². The summed E-state index contributed by atoms with van der Waals surface area (Å²) in [7, 11) is 0. The number of benzene rings is 1. The zero-order chi connectivity index (χ0) is 20.7. The number of carboxylic acids is 1. The number of aromatic carboxylic acids is 1. The van der Waals surface area contributed by atoms with Gasteiger partial charge in [0.05, 0.1) is 6.10 Å². The van der Waals surface area contributed by atoms with Crippen LogP contribution in [-0.2, 0) is 0 Å². The highest BCUT2D eigenvalue weighted by atomic mass is 32.1. The van der Waals surface area contributed by atoms with Crippen LogP contribution in [0.15, 0.2) is 48.1 Å². The molecule has 1 amide bonds. The van der Waals surface area contributed by atoms with Crippen molar-refractivity contribution < 1.29 is 19.4 Å². The summed E-state index contributed by atoms with van der Waals surface area (Å²) in [5.74, 6) is 0.475. The number of fused-ring (bicyclic) bond motifs is 1. The first-order valence-electron chi connectivity index (χ1n) is 9.81. The van der Waals surface area contributed by atoms with E-state index in [0.717, 1.165) is 33.8 Å². The summed E-state index contributed by atoms with van der Waals surface area (Å²) in [6, 6.07) is 9.08. The highest BCUT2D eigenvalue weighted by molar-refractivity contribution is 7.13. The number of carbonyl (C=O) groups is 2. The van der Waals surface area contributed by atoms with Gasteiger partial charge in [-0.1, -0.05) is 12.1 Å². The molecule has 9 heteroatoms. The Labute approximate surface area is 176 Å². The summed E-state index contributed by atoms with van der Waals surface area (Å²) >= 11 is 1.60. The zero-order valence-corrected chi connectivity index (χ0v) is 16.9. The SMILES string of the molecule is O=C(O)c1ccn(C(=O)N2C[C@H]3C[C@H](Oc4cccc(-c5nccs5)c4)C[C@H]3C2)n1. The fourth-order valence-electron chi connectivity index (χ4n) is 4.45. The number of rotatable bonds is 4. The molecule has 1 aromatic carbocycles. The maximum absolute atomic E-state index is 12.6. The molecular weight excluding hydrogens is 404 g/mol. The number of aromatic nitrogens is 3. The number of likely N-dealkylation sites (tertiary alicyclic amines) is 1.